The normalized spacial score (nSPS) is 10.9. The van der Waals surface area contributed by atoms with Gasteiger partial charge < -0.3 is 16.0 Å². The summed E-state index contributed by atoms with van der Waals surface area (Å²) >= 11 is 0. The average molecular weight is 178 g/mol. The first kappa shape index (κ1) is 8.00. The van der Waals surface area contributed by atoms with Crippen molar-refractivity contribution in [3.8, 4) is 0 Å². The molecule has 0 aliphatic rings. The topological polar surface area (TPSA) is 91.0 Å². The summed E-state index contributed by atoms with van der Waals surface area (Å²) < 4.78 is 4.90. The van der Waals surface area contributed by atoms with Gasteiger partial charge in [-0.3, -0.25) is 0 Å². The molecule has 2 aromatic heterocycles. The predicted molar refractivity (Wildman–Crippen MR) is 48.8 cm³/mol. The third-order valence-corrected chi connectivity index (χ3v) is 1.98. The van der Waals surface area contributed by atoms with Crippen LogP contribution >= 0.6 is 0 Å². The van der Waals surface area contributed by atoms with Crippen LogP contribution in [0.3, 0.4) is 0 Å². The maximum absolute atomic E-state index is 5.56. The van der Waals surface area contributed by atoms with Crippen molar-refractivity contribution >= 4 is 16.9 Å². The van der Waals surface area contributed by atoms with Crippen LogP contribution in [0.5, 0.6) is 0 Å². The summed E-state index contributed by atoms with van der Waals surface area (Å²) in [6, 6.07) is 1.89. The lowest BCUT2D eigenvalue weighted by atomic mass is 10.2. The second kappa shape index (κ2) is 2.70. The average Bonchev–Trinajstić information content (AvgIpc) is 2.47. The summed E-state index contributed by atoms with van der Waals surface area (Å²) in [6.07, 6.45) is 0. The number of aromatic nitrogens is 2. The van der Waals surface area contributed by atoms with Crippen LogP contribution in [0.25, 0.3) is 11.1 Å². The van der Waals surface area contributed by atoms with Gasteiger partial charge in [0.15, 0.2) is 5.82 Å². The van der Waals surface area contributed by atoms with Gasteiger partial charge in [-0.15, -0.1) is 0 Å². The highest BCUT2D eigenvalue weighted by atomic mass is 16.5. The summed E-state index contributed by atoms with van der Waals surface area (Å²) in [5.74, 6) is 0.370. The van der Waals surface area contributed by atoms with E-state index in [9.17, 15) is 0 Å². The molecule has 0 amide bonds. The molecule has 0 saturated heterocycles. The number of nitrogens with zero attached hydrogens (tertiary/aromatic N) is 2. The monoisotopic (exact) mass is 178 g/mol. The van der Waals surface area contributed by atoms with Gasteiger partial charge in [-0.05, 0) is 18.6 Å². The molecule has 13 heavy (non-hydrogen) atoms. The number of aryl methyl sites for hydroxylation is 1. The number of fused-ring (bicyclic) bond motifs is 1. The van der Waals surface area contributed by atoms with Gasteiger partial charge in [0.05, 0.1) is 11.1 Å². The Kier molecular flexibility index (Phi) is 1.66. The minimum Gasteiger partial charge on any atom is -0.380 e. The van der Waals surface area contributed by atoms with Crippen molar-refractivity contribution in [2.45, 2.75) is 13.5 Å². The van der Waals surface area contributed by atoms with Crippen LogP contribution in [-0.2, 0) is 6.54 Å². The second-order valence-electron chi connectivity index (χ2n) is 2.88. The molecule has 0 spiro atoms. The van der Waals surface area contributed by atoms with Crippen molar-refractivity contribution in [3.05, 3.63) is 17.3 Å². The fraction of sp³-hybridized carbons (Fsp3) is 0.250. The Morgan fingerprint density at radius 3 is 3.00 bits per heavy atom. The number of pyridine rings is 1. The SMILES string of the molecule is Cc1cc2c(N)noc2nc1CN. The minimum absolute atomic E-state index is 0.370. The zero-order valence-electron chi connectivity index (χ0n) is 7.24. The molecule has 4 N–H and O–H groups in total. The third-order valence-electron chi connectivity index (χ3n) is 1.98. The molecule has 2 heterocycles. The van der Waals surface area contributed by atoms with Gasteiger partial charge in [-0.25, -0.2) is 4.98 Å². The van der Waals surface area contributed by atoms with Crippen LogP contribution in [0.2, 0.25) is 0 Å². The lowest BCUT2D eigenvalue weighted by Gasteiger charge is -1.99. The lowest BCUT2D eigenvalue weighted by molar-refractivity contribution is 0.451. The van der Waals surface area contributed by atoms with Crippen molar-refractivity contribution in [2.24, 2.45) is 5.73 Å². The zero-order valence-corrected chi connectivity index (χ0v) is 7.24. The molecule has 0 fully saturated rings. The van der Waals surface area contributed by atoms with Crippen molar-refractivity contribution in [2.75, 3.05) is 5.73 Å². The van der Waals surface area contributed by atoms with Gasteiger partial charge in [0.1, 0.15) is 0 Å². The largest absolute Gasteiger partial charge is 0.380 e. The van der Waals surface area contributed by atoms with Gasteiger partial charge in [0.2, 0.25) is 0 Å². The lowest BCUT2D eigenvalue weighted by Crippen LogP contribution is -2.02. The van der Waals surface area contributed by atoms with Crippen LogP contribution in [0.15, 0.2) is 10.6 Å². The number of hydrogen-bond donors (Lipinski definition) is 2. The molecule has 0 bridgehead atoms. The maximum Gasteiger partial charge on any atom is 0.260 e. The number of anilines is 1. The van der Waals surface area contributed by atoms with Crippen LogP contribution in [0, 0.1) is 6.92 Å². The van der Waals surface area contributed by atoms with Crippen molar-refractivity contribution in [3.63, 3.8) is 0 Å². The Bertz CT molecular complexity index is 449. The standard InChI is InChI=1S/C8H10N4O/c1-4-2-5-7(10)12-13-8(5)11-6(4)3-9/h2H,3,9H2,1H3,(H2,10,12). The molecule has 0 aliphatic heterocycles. The summed E-state index contributed by atoms with van der Waals surface area (Å²) in [5, 5.41) is 4.36. The molecule has 2 aromatic rings. The molecule has 5 heteroatoms. The first-order valence-corrected chi connectivity index (χ1v) is 3.94. The van der Waals surface area contributed by atoms with Gasteiger partial charge >= 0.3 is 0 Å². The molecule has 0 atom stereocenters. The van der Waals surface area contributed by atoms with Crippen LogP contribution in [0.1, 0.15) is 11.3 Å². The number of nitrogen functional groups attached to an aromatic ring is 1. The Hall–Kier alpha value is -1.62. The van der Waals surface area contributed by atoms with Gasteiger partial charge in [-0.2, -0.15) is 0 Å². The summed E-state index contributed by atoms with van der Waals surface area (Å²) in [4.78, 5) is 4.18. The van der Waals surface area contributed by atoms with Crippen LogP contribution in [0.4, 0.5) is 5.82 Å². The Balaban J connectivity index is 2.76. The number of rotatable bonds is 1. The first-order valence-electron chi connectivity index (χ1n) is 3.94. The highest BCUT2D eigenvalue weighted by Gasteiger charge is 2.08. The van der Waals surface area contributed by atoms with E-state index in [1.54, 1.807) is 0 Å². The van der Waals surface area contributed by atoms with E-state index >= 15 is 0 Å². The highest BCUT2D eigenvalue weighted by Crippen LogP contribution is 2.20. The van der Waals surface area contributed by atoms with Gasteiger partial charge in [0, 0.05) is 6.54 Å². The van der Waals surface area contributed by atoms with E-state index in [1.807, 2.05) is 13.0 Å². The quantitative estimate of drug-likeness (QED) is 0.666. The van der Waals surface area contributed by atoms with Crippen LogP contribution in [-0.4, -0.2) is 10.1 Å². The van der Waals surface area contributed by atoms with Gasteiger partial charge in [0.25, 0.3) is 5.71 Å². The molecule has 0 saturated carbocycles. The molecule has 5 nitrogen and oxygen atoms in total. The van der Waals surface area contributed by atoms with Crippen molar-refractivity contribution < 1.29 is 4.52 Å². The molecular formula is C8H10N4O. The van der Waals surface area contributed by atoms with E-state index in [0.717, 1.165) is 16.6 Å². The molecule has 0 radical (unpaired) electrons. The highest BCUT2D eigenvalue weighted by molar-refractivity contribution is 5.84. The van der Waals surface area contributed by atoms with E-state index in [2.05, 4.69) is 10.1 Å². The first-order chi connectivity index (χ1) is 6.22. The van der Waals surface area contributed by atoms with E-state index in [1.165, 1.54) is 0 Å². The number of hydrogen-bond acceptors (Lipinski definition) is 5. The van der Waals surface area contributed by atoms with Gasteiger partial charge in [-0.1, -0.05) is 5.16 Å². The summed E-state index contributed by atoms with van der Waals surface area (Å²) in [6.45, 7) is 2.32. The molecule has 0 aliphatic carbocycles. The van der Waals surface area contributed by atoms with Crippen molar-refractivity contribution in [1.82, 2.24) is 10.1 Å². The third kappa shape index (κ3) is 1.13. The Labute approximate surface area is 74.7 Å². The maximum atomic E-state index is 5.56. The summed E-state index contributed by atoms with van der Waals surface area (Å²) in [7, 11) is 0. The molecule has 68 valence electrons. The molecule has 0 aromatic carbocycles. The van der Waals surface area contributed by atoms with E-state index < -0.39 is 0 Å². The molecular weight excluding hydrogens is 168 g/mol. The Morgan fingerprint density at radius 2 is 2.31 bits per heavy atom. The molecule has 0 unspecified atom stereocenters. The Morgan fingerprint density at radius 1 is 1.54 bits per heavy atom. The fourth-order valence-corrected chi connectivity index (χ4v) is 1.23. The second-order valence-corrected chi connectivity index (χ2v) is 2.88. The zero-order chi connectivity index (χ0) is 9.42. The minimum atomic E-state index is 0.370. The van der Waals surface area contributed by atoms with E-state index in [4.69, 9.17) is 16.0 Å². The van der Waals surface area contributed by atoms with E-state index in [-0.39, 0.29) is 0 Å². The van der Waals surface area contributed by atoms with Crippen molar-refractivity contribution in [1.29, 1.82) is 0 Å². The predicted octanol–water partition coefficient (Wildman–Crippen LogP) is 0.572. The number of nitrogens with two attached hydrogens (primary N) is 2. The summed E-state index contributed by atoms with van der Waals surface area (Å²) in [5.41, 5.74) is 13.3. The fourth-order valence-electron chi connectivity index (χ4n) is 1.23. The van der Waals surface area contributed by atoms with E-state index in [0.29, 0.717) is 18.1 Å². The smallest absolute Gasteiger partial charge is 0.260 e. The van der Waals surface area contributed by atoms with Crippen LogP contribution < -0.4 is 11.5 Å². The molecule has 2 rings (SSSR count).